The Bertz CT molecular complexity index is 2630. The normalized spacial score (nSPS) is 11.1. The van der Waals surface area contributed by atoms with Crippen molar-refractivity contribution in [2.45, 2.75) is 38.5 Å². The molecule has 0 aliphatic rings. The van der Waals surface area contributed by atoms with Gasteiger partial charge in [-0.1, -0.05) is 81.3 Å². The standard InChI is InChI=1S/2C18H14N2O6S.2CH4.2Ca.4H/c2*1-10-6-7-14(15(8-10)27(24,25)26)19-20-16-12-5-3-2-4-11(12)9-13(17(16)21)18(22)23;;;;;;;;/h2*2-9,21H,1H3,(H,22,23)(H,24,25,26);2*1H4;;;;;;/q;;;;2*+2;4*-1/p-2. The Labute approximate surface area is 399 Å². The maximum Gasteiger partial charge on any atom is 2.00 e. The zero-order valence-corrected chi connectivity index (χ0v) is 35.4. The van der Waals surface area contributed by atoms with E-state index in [4.69, 9.17) is 0 Å². The van der Waals surface area contributed by atoms with Crippen molar-refractivity contribution in [1.82, 2.24) is 0 Å². The SMILES string of the molecule is C.C.Cc1ccc(N=Nc2c(O)c(C(=O)O)cc3ccccc23)c(S(=O)(=O)O)c1.Cc1ccc(N=Nc2c([O-])c(C(=O)O)cc3ccccc23)c(S(=O)(=O)[O-])c1.[Ca+2].[Ca+2].[H-].[H-].[H-].[H-]. The van der Waals surface area contributed by atoms with Gasteiger partial charge in [0.05, 0.1) is 16.1 Å². The van der Waals surface area contributed by atoms with Gasteiger partial charge in [-0.3, -0.25) is 4.55 Å². The van der Waals surface area contributed by atoms with Crippen molar-refractivity contribution in [2.24, 2.45) is 20.5 Å². The molecular formula is C38H38Ca2N4O12S2-2. The predicted molar refractivity (Wildman–Crippen MR) is 221 cm³/mol. The summed E-state index contributed by atoms with van der Waals surface area (Å²) in [6.45, 7) is 3.25. The van der Waals surface area contributed by atoms with Crippen LogP contribution in [0.1, 0.15) is 52.4 Å². The van der Waals surface area contributed by atoms with Crippen LogP contribution in [0.3, 0.4) is 0 Å². The molecule has 6 aromatic rings. The van der Waals surface area contributed by atoms with E-state index in [-0.39, 0.29) is 124 Å². The number of phenols is 1. The van der Waals surface area contributed by atoms with Crippen molar-refractivity contribution >= 4 is 152 Å². The first-order valence-corrected chi connectivity index (χ1v) is 18.1. The molecule has 0 fully saturated rings. The summed E-state index contributed by atoms with van der Waals surface area (Å²) >= 11 is 0. The maximum atomic E-state index is 12.5. The van der Waals surface area contributed by atoms with Crippen LogP contribution in [-0.2, 0) is 20.2 Å². The molecule has 16 nitrogen and oxygen atoms in total. The van der Waals surface area contributed by atoms with Gasteiger partial charge in [0.2, 0.25) is 0 Å². The average Bonchev–Trinajstić information content (AvgIpc) is 3.10. The zero-order chi connectivity index (χ0) is 39.5. The topological polar surface area (TPSA) is 279 Å². The molecule has 58 heavy (non-hydrogen) atoms. The number of nitrogens with zero attached hydrogens (tertiary/aromatic N) is 4. The van der Waals surface area contributed by atoms with Crippen LogP contribution in [0.4, 0.5) is 22.7 Å². The molecule has 300 valence electrons. The van der Waals surface area contributed by atoms with Gasteiger partial charge in [0, 0.05) is 10.8 Å². The Morgan fingerprint density at radius 1 is 0.621 bits per heavy atom. The quantitative estimate of drug-likeness (QED) is 0.0637. The minimum atomic E-state index is -4.81. The zero-order valence-electron chi connectivity index (χ0n) is 33.3. The van der Waals surface area contributed by atoms with Crippen LogP contribution in [0.2, 0.25) is 0 Å². The average molecular weight is 887 g/mol. The van der Waals surface area contributed by atoms with E-state index in [1.165, 1.54) is 36.4 Å². The summed E-state index contributed by atoms with van der Waals surface area (Å²) in [5.74, 6) is -4.21. The molecule has 0 aromatic heterocycles. The minimum absolute atomic E-state index is 0. The second-order valence-electron chi connectivity index (χ2n) is 11.5. The van der Waals surface area contributed by atoms with E-state index < -0.39 is 59.0 Å². The number of benzene rings is 6. The maximum absolute atomic E-state index is 12.5. The third kappa shape index (κ3) is 12.0. The first-order chi connectivity index (χ1) is 25.4. The number of carboxylic acids is 2. The van der Waals surface area contributed by atoms with Gasteiger partial charge >= 0.3 is 87.4 Å². The second kappa shape index (κ2) is 21.3. The van der Waals surface area contributed by atoms with Crippen LogP contribution in [0, 0.1) is 13.8 Å². The summed E-state index contributed by atoms with van der Waals surface area (Å²) in [6.07, 6.45) is 0. The molecule has 0 unspecified atom stereocenters. The number of aryl methyl sites for hydroxylation is 2. The van der Waals surface area contributed by atoms with Gasteiger partial charge in [-0.05, 0) is 72.1 Å². The molecular weight excluding hydrogens is 849 g/mol. The summed E-state index contributed by atoms with van der Waals surface area (Å²) in [7, 11) is -9.36. The first kappa shape index (κ1) is 51.9. The molecule has 0 saturated carbocycles. The molecule has 0 saturated heterocycles. The fraction of sp³-hybridized carbons (Fsp3) is 0.105. The number of hydrogen-bond acceptors (Lipinski definition) is 13. The van der Waals surface area contributed by atoms with Gasteiger partial charge in [0.1, 0.15) is 37.6 Å². The van der Waals surface area contributed by atoms with Gasteiger partial charge in [0.25, 0.3) is 10.1 Å². The van der Waals surface area contributed by atoms with Crippen LogP contribution in [0.5, 0.6) is 11.5 Å². The number of aromatic carboxylic acids is 2. The fourth-order valence-electron chi connectivity index (χ4n) is 5.17. The van der Waals surface area contributed by atoms with Crippen molar-refractivity contribution in [3.8, 4) is 11.5 Å². The number of fused-ring (bicyclic) bond motifs is 2. The molecule has 0 heterocycles. The smallest absolute Gasteiger partial charge is 1.00 e. The first-order valence-electron chi connectivity index (χ1n) is 15.3. The summed E-state index contributed by atoms with van der Waals surface area (Å²) in [5.41, 5.74) is -0.474. The van der Waals surface area contributed by atoms with E-state index >= 15 is 0 Å². The summed E-state index contributed by atoms with van der Waals surface area (Å²) < 4.78 is 66.8. The Balaban J connectivity index is -0.000000481. The van der Waals surface area contributed by atoms with Gasteiger partial charge in [0.15, 0.2) is 5.75 Å². The molecule has 0 radical (unpaired) electrons. The largest absolute Gasteiger partial charge is 2.00 e. The Morgan fingerprint density at radius 3 is 1.50 bits per heavy atom. The molecule has 6 aromatic carbocycles. The van der Waals surface area contributed by atoms with E-state index in [9.17, 15) is 56.0 Å². The summed E-state index contributed by atoms with van der Waals surface area (Å²) in [6, 6.07) is 23.8. The van der Waals surface area contributed by atoms with E-state index in [2.05, 4.69) is 20.5 Å². The summed E-state index contributed by atoms with van der Waals surface area (Å²) in [4.78, 5) is 21.7. The predicted octanol–water partition coefficient (Wildman–Crippen LogP) is 8.41. The Morgan fingerprint density at radius 2 is 1.03 bits per heavy atom. The molecule has 0 atom stereocenters. The molecule has 20 heteroatoms. The molecule has 0 bridgehead atoms. The molecule has 0 aliphatic carbocycles. The number of carbonyl (C=O) groups is 2. The Hall–Kier alpha value is -4.08. The van der Waals surface area contributed by atoms with E-state index in [1.54, 1.807) is 68.4 Å². The number of aromatic hydroxyl groups is 1. The van der Waals surface area contributed by atoms with Crippen molar-refractivity contribution in [1.29, 1.82) is 0 Å². The van der Waals surface area contributed by atoms with Crippen LogP contribution >= 0.6 is 0 Å². The van der Waals surface area contributed by atoms with E-state index in [1.807, 2.05) is 0 Å². The van der Waals surface area contributed by atoms with Crippen LogP contribution in [-0.4, -0.2) is 129 Å². The molecule has 0 spiro atoms. The number of hydrogen-bond donors (Lipinski definition) is 4. The third-order valence-electron chi connectivity index (χ3n) is 7.72. The number of azo groups is 2. The van der Waals surface area contributed by atoms with Crippen molar-refractivity contribution in [2.75, 3.05) is 0 Å². The summed E-state index contributed by atoms with van der Waals surface area (Å²) in [5, 5.41) is 58.3. The second-order valence-corrected chi connectivity index (χ2v) is 14.3. The van der Waals surface area contributed by atoms with Gasteiger partial charge < -0.3 is 30.7 Å². The van der Waals surface area contributed by atoms with E-state index in [0.717, 1.165) is 6.07 Å². The number of carboxylic acid groups (broad SMARTS) is 2. The molecule has 4 N–H and O–H groups in total. The van der Waals surface area contributed by atoms with Crippen LogP contribution < -0.4 is 5.11 Å². The third-order valence-corrected chi connectivity index (χ3v) is 9.47. The molecule has 0 aliphatic heterocycles. The molecule has 0 amide bonds. The van der Waals surface area contributed by atoms with Crippen molar-refractivity contribution < 1.29 is 61.7 Å². The fourth-order valence-corrected chi connectivity index (χ4v) is 6.58. The molecule has 6 rings (SSSR count). The van der Waals surface area contributed by atoms with Crippen LogP contribution in [0.15, 0.2) is 127 Å². The van der Waals surface area contributed by atoms with E-state index in [0.29, 0.717) is 32.7 Å². The number of rotatable bonds is 8. The van der Waals surface area contributed by atoms with Crippen molar-refractivity contribution in [3.63, 3.8) is 0 Å². The van der Waals surface area contributed by atoms with Gasteiger partial charge in [-0.2, -0.15) is 13.5 Å². The van der Waals surface area contributed by atoms with Crippen molar-refractivity contribution in [3.05, 3.63) is 119 Å². The Kier molecular flexibility index (Phi) is 19.0. The van der Waals surface area contributed by atoms with Crippen LogP contribution in [0.25, 0.3) is 21.5 Å². The van der Waals surface area contributed by atoms with Gasteiger partial charge in [-0.15, -0.1) is 15.3 Å². The van der Waals surface area contributed by atoms with Gasteiger partial charge in [-0.25, -0.2) is 18.0 Å². The minimum Gasteiger partial charge on any atom is -1.00 e. The monoisotopic (exact) mass is 886 g/mol.